The molecule has 0 unspecified atom stereocenters. The van der Waals surface area contributed by atoms with E-state index in [0.717, 1.165) is 17.3 Å². The molecule has 2 heterocycles. The monoisotopic (exact) mass is 423 g/mol. The fourth-order valence-corrected chi connectivity index (χ4v) is 3.80. The maximum absolute atomic E-state index is 13.3. The van der Waals surface area contributed by atoms with E-state index in [4.69, 9.17) is 0 Å². The number of hydrogen-bond donors (Lipinski definition) is 1. The zero-order chi connectivity index (χ0) is 21.1. The average molecular weight is 423 g/mol. The van der Waals surface area contributed by atoms with Crippen LogP contribution in [0.2, 0.25) is 0 Å². The van der Waals surface area contributed by atoms with Gasteiger partial charge in [0.2, 0.25) is 5.91 Å². The summed E-state index contributed by atoms with van der Waals surface area (Å²) in [6.07, 6.45) is 1.67. The molecule has 30 heavy (non-hydrogen) atoms. The number of rotatable bonds is 6. The normalized spacial score (nSPS) is 11.0. The molecule has 9 heteroatoms. The molecule has 0 radical (unpaired) electrons. The van der Waals surface area contributed by atoms with Crippen LogP contribution in [0.3, 0.4) is 0 Å². The maximum atomic E-state index is 13.3. The molecule has 1 N–H and O–H groups in total. The Labute approximate surface area is 175 Å². The molecule has 0 atom stereocenters. The van der Waals surface area contributed by atoms with Gasteiger partial charge < -0.3 is 5.32 Å². The first-order valence-corrected chi connectivity index (χ1v) is 10.1. The van der Waals surface area contributed by atoms with Crippen molar-refractivity contribution in [3.05, 3.63) is 82.5 Å². The Bertz CT molecular complexity index is 1270. The van der Waals surface area contributed by atoms with Gasteiger partial charge >= 0.3 is 0 Å². The van der Waals surface area contributed by atoms with Gasteiger partial charge in [-0.3, -0.25) is 18.8 Å². The van der Waals surface area contributed by atoms with Crippen molar-refractivity contribution in [2.75, 3.05) is 11.1 Å². The molecule has 2 aromatic carbocycles. The van der Waals surface area contributed by atoms with E-state index in [1.807, 2.05) is 30.3 Å². The Morgan fingerprint density at radius 2 is 1.97 bits per heavy atom. The van der Waals surface area contributed by atoms with Crippen LogP contribution in [0.15, 0.2) is 70.7 Å². The maximum Gasteiger partial charge on any atom is 0.282 e. The predicted molar refractivity (Wildman–Crippen MR) is 114 cm³/mol. The molecule has 0 saturated carbocycles. The van der Waals surface area contributed by atoms with Crippen molar-refractivity contribution in [1.29, 1.82) is 0 Å². The summed E-state index contributed by atoms with van der Waals surface area (Å²) in [5.41, 5.74) is 1.79. The van der Waals surface area contributed by atoms with Crippen molar-refractivity contribution in [1.82, 2.24) is 19.3 Å². The van der Waals surface area contributed by atoms with Crippen LogP contribution in [0.25, 0.3) is 11.0 Å². The van der Waals surface area contributed by atoms with Crippen molar-refractivity contribution in [3.8, 4) is 0 Å². The highest BCUT2D eigenvalue weighted by Gasteiger charge is 2.16. The summed E-state index contributed by atoms with van der Waals surface area (Å²) in [6, 6.07) is 15.2. The van der Waals surface area contributed by atoms with E-state index < -0.39 is 5.82 Å². The Hall–Kier alpha value is -3.46. The lowest BCUT2D eigenvalue weighted by Crippen LogP contribution is -2.25. The number of amides is 1. The molecule has 152 valence electrons. The number of fused-ring (bicyclic) bond motifs is 1. The van der Waals surface area contributed by atoms with Gasteiger partial charge in [0.1, 0.15) is 11.3 Å². The Morgan fingerprint density at radius 1 is 1.17 bits per heavy atom. The Balaban J connectivity index is 1.60. The first-order chi connectivity index (χ1) is 14.5. The SMILES string of the molecule is Cn1cc2nc(SCC(=O)Nc3cccc(F)c3)n(Cc3ccccc3)c(=O)c2n1. The van der Waals surface area contributed by atoms with Crippen LogP contribution in [0.1, 0.15) is 5.56 Å². The second kappa shape index (κ2) is 8.50. The second-order valence-corrected chi connectivity index (χ2v) is 7.60. The van der Waals surface area contributed by atoms with Gasteiger partial charge in [-0.25, -0.2) is 9.37 Å². The summed E-state index contributed by atoms with van der Waals surface area (Å²) >= 11 is 1.15. The molecule has 0 aliphatic rings. The van der Waals surface area contributed by atoms with Gasteiger partial charge in [0.25, 0.3) is 5.56 Å². The number of aromatic nitrogens is 4. The van der Waals surface area contributed by atoms with E-state index in [2.05, 4.69) is 15.4 Å². The molecule has 0 aliphatic heterocycles. The smallest absolute Gasteiger partial charge is 0.282 e. The minimum Gasteiger partial charge on any atom is -0.325 e. The van der Waals surface area contributed by atoms with Crippen molar-refractivity contribution in [3.63, 3.8) is 0 Å². The third kappa shape index (κ3) is 4.41. The number of carbonyl (C=O) groups excluding carboxylic acids is 1. The summed E-state index contributed by atoms with van der Waals surface area (Å²) in [6.45, 7) is 0.313. The van der Waals surface area contributed by atoms with Crippen LogP contribution >= 0.6 is 11.8 Å². The second-order valence-electron chi connectivity index (χ2n) is 6.66. The largest absolute Gasteiger partial charge is 0.325 e. The number of anilines is 1. The lowest BCUT2D eigenvalue weighted by molar-refractivity contribution is -0.113. The summed E-state index contributed by atoms with van der Waals surface area (Å²) in [7, 11) is 1.72. The third-order valence-corrected chi connectivity index (χ3v) is 5.30. The van der Waals surface area contributed by atoms with Gasteiger partial charge in [-0.1, -0.05) is 48.2 Å². The van der Waals surface area contributed by atoms with E-state index in [1.165, 1.54) is 27.4 Å². The van der Waals surface area contributed by atoms with Gasteiger partial charge in [0.05, 0.1) is 18.5 Å². The quantitative estimate of drug-likeness (QED) is 0.381. The summed E-state index contributed by atoms with van der Waals surface area (Å²) in [5, 5.41) is 7.27. The first kappa shape index (κ1) is 19.8. The number of thioether (sulfide) groups is 1. The van der Waals surface area contributed by atoms with Crippen LogP contribution in [0, 0.1) is 5.82 Å². The molecular formula is C21H18FN5O2S. The van der Waals surface area contributed by atoms with Crippen molar-refractivity contribution in [2.24, 2.45) is 7.05 Å². The van der Waals surface area contributed by atoms with Gasteiger partial charge in [-0.2, -0.15) is 5.10 Å². The number of nitrogens with one attached hydrogen (secondary N) is 1. The van der Waals surface area contributed by atoms with E-state index in [-0.39, 0.29) is 22.7 Å². The number of carbonyl (C=O) groups is 1. The van der Waals surface area contributed by atoms with Gasteiger partial charge in [0.15, 0.2) is 10.7 Å². The molecule has 4 rings (SSSR count). The minimum atomic E-state index is -0.430. The lowest BCUT2D eigenvalue weighted by atomic mass is 10.2. The highest BCUT2D eigenvalue weighted by atomic mass is 32.2. The van der Waals surface area contributed by atoms with Gasteiger partial charge in [-0.15, -0.1) is 0 Å². The fraction of sp³-hybridized carbons (Fsp3) is 0.143. The molecule has 0 fully saturated rings. The zero-order valence-corrected chi connectivity index (χ0v) is 16.9. The number of halogens is 1. The highest BCUT2D eigenvalue weighted by molar-refractivity contribution is 7.99. The first-order valence-electron chi connectivity index (χ1n) is 9.16. The fourth-order valence-electron chi connectivity index (χ4n) is 3.00. The van der Waals surface area contributed by atoms with Crippen LogP contribution in [0.5, 0.6) is 0 Å². The molecule has 7 nitrogen and oxygen atoms in total. The molecule has 0 aliphatic carbocycles. The molecule has 0 saturated heterocycles. The number of aryl methyl sites for hydroxylation is 1. The van der Waals surface area contributed by atoms with Crippen molar-refractivity contribution < 1.29 is 9.18 Å². The van der Waals surface area contributed by atoms with Crippen molar-refractivity contribution in [2.45, 2.75) is 11.7 Å². The van der Waals surface area contributed by atoms with E-state index in [1.54, 1.807) is 19.3 Å². The van der Waals surface area contributed by atoms with Crippen LogP contribution < -0.4 is 10.9 Å². The summed E-state index contributed by atoms with van der Waals surface area (Å²) in [5.74, 6) is -0.734. The Kier molecular flexibility index (Phi) is 5.62. The van der Waals surface area contributed by atoms with Gasteiger partial charge in [0, 0.05) is 12.7 Å². The molecule has 2 aromatic heterocycles. The van der Waals surface area contributed by atoms with E-state index >= 15 is 0 Å². The standard InChI is InChI=1S/C21H18FN5O2S/c1-26-12-17-19(25-26)20(29)27(11-14-6-3-2-4-7-14)21(24-17)30-13-18(28)23-16-9-5-8-15(22)10-16/h2-10,12H,11,13H2,1H3,(H,23,28). The lowest BCUT2D eigenvalue weighted by Gasteiger charge is -2.12. The molecule has 4 aromatic rings. The molecule has 0 bridgehead atoms. The molecular weight excluding hydrogens is 405 g/mol. The molecule has 1 amide bonds. The number of benzene rings is 2. The van der Waals surface area contributed by atoms with Crippen LogP contribution in [0.4, 0.5) is 10.1 Å². The van der Waals surface area contributed by atoms with Crippen LogP contribution in [-0.4, -0.2) is 31.0 Å². The number of hydrogen-bond acceptors (Lipinski definition) is 5. The summed E-state index contributed by atoms with van der Waals surface area (Å²) in [4.78, 5) is 29.9. The average Bonchev–Trinajstić information content (AvgIpc) is 3.10. The topological polar surface area (TPSA) is 81.8 Å². The van der Waals surface area contributed by atoms with Crippen LogP contribution in [-0.2, 0) is 18.4 Å². The van der Waals surface area contributed by atoms with Crippen molar-refractivity contribution >= 4 is 34.4 Å². The Morgan fingerprint density at radius 3 is 2.73 bits per heavy atom. The van der Waals surface area contributed by atoms with E-state index in [0.29, 0.717) is 22.9 Å². The molecule has 0 spiro atoms. The highest BCUT2D eigenvalue weighted by Crippen LogP contribution is 2.19. The van der Waals surface area contributed by atoms with Gasteiger partial charge in [-0.05, 0) is 23.8 Å². The minimum absolute atomic E-state index is 0.0174. The zero-order valence-electron chi connectivity index (χ0n) is 16.1. The van der Waals surface area contributed by atoms with E-state index in [9.17, 15) is 14.0 Å². The third-order valence-electron chi connectivity index (χ3n) is 4.33. The predicted octanol–water partition coefficient (Wildman–Crippen LogP) is 3.05. The summed E-state index contributed by atoms with van der Waals surface area (Å²) < 4.78 is 16.4. The number of nitrogens with zero attached hydrogens (tertiary/aromatic N) is 4.